The van der Waals surface area contributed by atoms with Crippen LogP contribution in [0.25, 0.3) is 0 Å². The summed E-state index contributed by atoms with van der Waals surface area (Å²) in [5.41, 5.74) is -0.630. The number of nitrogens with zero attached hydrogens (tertiary/aromatic N) is 1. The van der Waals surface area contributed by atoms with Gasteiger partial charge in [-0.3, -0.25) is 9.69 Å². The Morgan fingerprint density at radius 1 is 1.27 bits per heavy atom. The first-order valence-corrected chi connectivity index (χ1v) is 7.51. The standard InChI is InChI=1S/C17H22FNO3/c1-11(15(20)13-7-5-6-8-14(13)18)19(12-9-10-12)16(21)22-17(2,3)4/h5-8,11-12H,9-10H2,1-4H3. The maximum absolute atomic E-state index is 13.8. The van der Waals surface area contributed by atoms with E-state index in [0.717, 1.165) is 12.8 Å². The molecule has 0 radical (unpaired) electrons. The number of hydrogen-bond acceptors (Lipinski definition) is 3. The lowest BCUT2D eigenvalue weighted by atomic mass is 10.0. The van der Waals surface area contributed by atoms with Crippen molar-refractivity contribution in [1.29, 1.82) is 0 Å². The molecule has 1 aromatic rings. The molecule has 1 aromatic carbocycles. The second kappa shape index (κ2) is 6.07. The topological polar surface area (TPSA) is 46.6 Å². The van der Waals surface area contributed by atoms with Gasteiger partial charge in [-0.05, 0) is 52.7 Å². The molecule has 1 aliphatic carbocycles. The van der Waals surface area contributed by atoms with Gasteiger partial charge in [0.1, 0.15) is 11.4 Å². The molecule has 0 N–H and O–H groups in total. The quantitative estimate of drug-likeness (QED) is 0.795. The van der Waals surface area contributed by atoms with Crippen LogP contribution in [0, 0.1) is 5.82 Å². The summed E-state index contributed by atoms with van der Waals surface area (Å²) in [5, 5.41) is 0. The highest BCUT2D eigenvalue weighted by Crippen LogP contribution is 2.31. The molecular formula is C17H22FNO3. The zero-order valence-electron chi connectivity index (χ0n) is 13.4. The Morgan fingerprint density at radius 2 is 1.86 bits per heavy atom. The fourth-order valence-corrected chi connectivity index (χ4v) is 2.30. The van der Waals surface area contributed by atoms with Gasteiger partial charge >= 0.3 is 6.09 Å². The van der Waals surface area contributed by atoms with Crippen LogP contribution in [0.3, 0.4) is 0 Å². The van der Waals surface area contributed by atoms with E-state index in [1.165, 1.54) is 23.1 Å². The van der Waals surface area contributed by atoms with Crippen LogP contribution in [0.1, 0.15) is 50.9 Å². The minimum atomic E-state index is -0.751. The first-order valence-electron chi connectivity index (χ1n) is 7.51. The van der Waals surface area contributed by atoms with Crippen LogP contribution in [0.15, 0.2) is 24.3 Å². The number of rotatable bonds is 4. The fourth-order valence-electron chi connectivity index (χ4n) is 2.30. The Morgan fingerprint density at radius 3 is 2.36 bits per heavy atom. The van der Waals surface area contributed by atoms with Crippen LogP contribution in [0.5, 0.6) is 0 Å². The highest BCUT2D eigenvalue weighted by molar-refractivity contribution is 6.01. The van der Waals surface area contributed by atoms with Gasteiger partial charge in [0, 0.05) is 6.04 Å². The number of carbonyl (C=O) groups excluding carboxylic acids is 2. The second-order valence-corrected chi connectivity index (χ2v) is 6.64. The molecule has 0 saturated heterocycles. The highest BCUT2D eigenvalue weighted by Gasteiger charge is 2.41. The van der Waals surface area contributed by atoms with E-state index in [9.17, 15) is 14.0 Å². The Bertz CT molecular complexity index is 576. The van der Waals surface area contributed by atoms with Gasteiger partial charge < -0.3 is 4.74 Å². The summed E-state index contributed by atoms with van der Waals surface area (Å²) in [6.45, 7) is 6.95. The van der Waals surface area contributed by atoms with Gasteiger partial charge in [0.15, 0.2) is 5.78 Å². The van der Waals surface area contributed by atoms with E-state index in [1.807, 2.05) is 0 Å². The van der Waals surface area contributed by atoms with Crippen molar-refractivity contribution in [2.75, 3.05) is 0 Å². The number of Topliss-reactive ketones (excluding diaryl/α,β-unsaturated/α-hetero) is 1. The molecule has 1 fully saturated rings. The third kappa shape index (κ3) is 3.84. The van der Waals surface area contributed by atoms with Crippen molar-refractivity contribution in [3.63, 3.8) is 0 Å². The molecule has 120 valence electrons. The van der Waals surface area contributed by atoms with Crippen molar-refractivity contribution in [2.45, 2.75) is 58.2 Å². The zero-order chi connectivity index (χ0) is 16.5. The highest BCUT2D eigenvalue weighted by atomic mass is 19.1. The molecule has 4 nitrogen and oxygen atoms in total. The lowest BCUT2D eigenvalue weighted by molar-refractivity contribution is 0.0155. The molecule has 2 rings (SSSR count). The van der Waals surface area contributed by atoms with Gasteiger partial charge in [0.25, 0.3) is 0 Å². The molecule has 0 bridgehead atoms. The number of amides is 1. The summed E-state index contributed by atoms with van der Waals surface area (Å²) < 4.78 is 19.2. The number of ether oxygens (including phenoxy) is 1. The summed E-state index contributed by atoms with van der Waals surface area (Å²) >= 11 is 0. The number of halogens is 1. The maximum Gasteiger partial charge on any atom is 0.411 e. The van der Waals surface area contributed by atoms with E-state index >= 15 is 0 Å². The largest absolute Gasteiger partial charge is 0.444 e. The Hall–Kier alpha value is -1.91. The van der Waals surface area contributed by atoms with Gasteiger partial charge in [0.05, 0.1) is 11.6 Å². The average molecular weight is 307 g/mol. The van der Waals surface area contributed by atoms with Crippen LogP contribution in [-0.4, -0.2) is 34.5 Å². The Kier molecular flexibility index (Phi) is 4.54. The number of benzene rings is 1. The van der Waals surface area contributed by atoms with E-state index in [2.05, 4.69) is 0 Å². The van der Waals surface area contributed by atoms with Crippen molar-refractivity contribution in [3.05, 3.63) is 35.6 Å². The molecule has 1 saturated carbocycles. The third-order valence-electron chi connectivity index (χ3n) is 3.48. The Labute approximate surface area is 130 Å². The van der Waals surface area contributed by atoms with Crippen LogP contribution in [-0.2, 0) is 4.74 Å². The first kappa shape index (κ1) is 16.5. The zero-order valence-corrected chi connectivity index (χ0v) is 13.4. The van der Waals surface area contributed by atoms with Gasteiger partial charge in [-0.1, -0.05) is 12.1 Å². The molecule has 22 heavy (non-hydrogen) atoms. The smallest absolute Gasteiger partial charge is 0.411 e. The average Bonchev–Trinajstić information content (AvgIpc) is 3.21. The van der Waals surface area contributed by atoms with Crippen molar-refractivity contribution in [2.24, 2.45) is 0 Å². The molecule has 1 amide bonds. The molecule has 5 heteroatoms. The monoisotopic (exact) mass is 307 g/mol. The van der Waals surface area contributed by atoms with E-state index in [1.54, 1.807) is 33.8 Å². The summed E-state index contributed by atoms with van der Waals surface area (Å²) in [5.74, 6) is -0.977. The SMILES string of the molecule is CC(C(=O)c1ccccc1F)N(C(=O)OC(C)(C)C)C1CC1. The van der Waals surface area contributed by atoms with Crippen molar-refractivity contribution in [3.8, 4) is 0 Å². The molecule has 0 heterocycles. The lowest BCUT2D eigenvalue weighted by Crippen LogP contribution is -2.47. The van der Waals surface area contributed by atoms with Gasteiger partial charge in [-0.25, -0.2) is 9.18 Å². The fraction of sp³-hybridized carbons (Fsp3) is 0.529. The molecule has 1 unspecified atom stereocenters. The number of hydrogen-bond donors (Lipinski definition) is 0. The number of carbonyl (C=O) groups is 2. The van der Waals surface area contributed by atoms with Crippen LogP contribution in [0.4, 0.5) is 9.18 Å². The first-order chi connectivity index (χ1) is 10.2. The Balaban J connectivity index is 2.20. The third-order valence-corrected chi connectivity index (χ3v) is 3.48. The van der Waals surface area contributed by atoms with Crippen LogP contribution in [0.2, 0.25) is 0 Å². The predicted octanol–water partition coefficient (Wildman–Crippen LogP) is 3.80. The normalized spacial score (nSPS) is 16.0. The summed E-state index contributed by atoms with van der Waals surface area (Å²) in [4.78, 5) is 26.3. The van der Waals surface area contributed by atoms with Crippen LogP contribution < -0.4 is 0 Å². The van der Waals surface area contributed by atoms with Crippen LogP contribution >= 0.6 is 0 Å². The number of ketones is 1. The van der Waals surface area contributed by atoms with Gasteiger partial charge in [-0.15, -0.1) is 0 Å². The van der Waals surface area contributed by atoms with Gasteiger partial charge in [0.2, 0.25) is 0 Å². The molecule has 0 spiro atoms. The second-order valence-electron chi connectivity index (χ2n) is 6.64. The van der Waals surface area contributed by atoms with E-state index in [4.69, 9.17) is 4.74 Å². The molecule has 0 aliphatic heterocycles. The summed E-state index contributed by atoms with van der Waals surface area (Å²) in [6, 6.07) is 5.07. The summed E-state index contributed by atoms with van der Waals surface area (Å²) in [6.07, 6.45) is 1.16. The van der Waals surface area contributed by atoms with E-state index in [0.29, 0.717) is 0 Å². The maximum atomic E-state index is 13.8. The minimum Gasteiger partial charge on any atom is -0.444 e. The van der Waals surface area contributed by atoms with E-state index in [-0.39, 0.29) is 11.6 Å². The molecule has 1 aliphatic rings. The molecule has 0 aromatic heterocycles. The molecular weight excluding hydrogens is 285 g/mol. The van der Waals surface area contributed by atoms with Gasteiger partial charge in [-0.2, -0.15) is 0 Å². The van der Waals surface area contributed by atoms with Crippen molar-refractivity contribution in [1.82, 2.24) is 4.90 Å². The minimum absolute atomic E-state index is 0.000531. The van der Waals surface area contributed by atoms with E-state index < -0.39 is 29.3 Å². The molecule has 1 atom stereocenters. The predicted molar refractivity (Wildman–Crippen MR) is 81.3 cm³/mol. The lowest BCUT2D eigenvalue weighted by Gasteiger charge is -2.31. The van der Waals surface area contributed by atoms with Crippen molar-refractivity contribution >= 4 is 11.9 Å². The summed E-state index contributed by atoms with van der Waals surface area (Å²) in [7, 11) is 0. The van der Waals surface area contributed by atoms with Crippen molar-refractivity contribution < 1.29 is 18.7 Å².